The SMILES string of the molecule is CC(C)(C)c1cc(NC(=O)[C@@H]2CCC(=O)N2c2ccc(Cl)cc2)no1. The number of rotatable bonds is 3. The van der Waals surface area contributed by atoms with Crippen molar-refractivity contribution in [1.82, 2.24) is 5.16 Å². The van der Waals surface area contributed by atoms with E-state index in [1.165, 1.54) is 4.90 Å². The molecule has 1 aliphatic rings. The summed E-state index contributed by atoms with van der Waals surface area (Å²) in [5.74, 6) is 0.665. The minimum atomic E-state index is -0.580. The van der Waals surface area contributed by atoms with Crippen molar-refractivity contribution < 1.29 is 14.1 Å². The summed E-state index contributed by atoms with van der Waals surface area (Å²) in [6, 6.07) is 8.00. The van der Waals surface area contributed by atoms with Crippen LogP contribution >= 0.6 is 11.6 Å². The second-order valence-electron chi connectivity index (χ2n) is 7.11. The highest BCUT2D eigenvalue weighted by Gasteiger charge is 2.37. The first kappa shape index (κ1) is 17.5. The fraction of sp³-hybridized carbons (Fsp3) is 0.389. The molecule has 2 aromatic rings. The van der Waals surface area contributed by atoms with Gasteiger partial charge < -0.3 is 9.84 Å². The number of aromatic nitrogens is 1. The molecule has 0 unspecified atom stereocenters. The Kier molecular flexibility index (Phi) is 4.56. The molecule has 0 aliphatic carbocycles. The Bertz CT molecular complexity index is 793. The number of anilines is 2. The van der Waals surface area contributed by atoms with Gasteiger partial charge in [-0.1, -0.05) is 37.5 Å². The van der Waals surface area contributed by atoms with E-state index in [1.807, 2.05) is 20.8 Å². The van der Waals surface area contributed by atoms with E-state index < -0.39 is 6.04 Å². The first-order valence-corrected chi connectivity index (χ1v) is 8.49. The van der Waals surface area contributed by atoms with Gasteiger partial charge in [0.25, 0.3) is 0 Å². The topological polar surface area (TPSA) is 75.4 Å². The summed E-state index contributed by atoms with van der Waals surface area (Å²) < 4.78 is 5.28. The molecule has 2 amide bonds. The van der Waals surface area contributed by atoms with Crippen LogP contribution in [0.2, 0.25) is 5.02 Å². The monoisotopic (exact) mass is 361 g/mol. The molecule has 1 aromatic carbocycles. The molecule has 3 rings (SSSR count). The molecular formula is C18H20ClN3O3. The molecule has 1 atom stereocenters. The largest absolute Gasteiger partial charge is 0.359 e. The summed E-state index contributed by atoms with van der Waals surface area (Å²) in [5, 5.41) is 7.22. The van der Waals surface area contributed by atoms with Gasteiger partial charge in [-0.05, 0) is 30.7 Å². The maximum Gasteiger partial charge on any atom is 0.248 e. The van der Waals surface area contributed by atoms with Gasteiger partial charge in [-0.25, -0.2) is 0 Å². The third-order valence-corrected chi connectivity index (χ3v) is 4.37. The molecule has 0 spiro atoms. The van der Waals surface area contributed by atoms with Crippen LogP contribution in [-0.4, -0.2) is 23.0 Å². The zero-order valence-corrected chi connectivity index (χ0v) is 15.1. The van der Waals surface area contributed by atoms with Crippen LogP contribution < -0.4 is 10.2 Å². The minimum absolute atomic E-state index is 0.0852. The summed E-state index contributed by atoms with van der Waals surface area (Å²) in [7, 11) is 0. The lowest BCUT2D eigenvalue weighted by Crippen LogP contribution is -2.41. The predicted octanol–water partition coefficient (Wildman–Crippen LogP) is 3.76. The van der Waals surface area contributed by atoms with Gasteiger partial charge in [0.05, 0.1) is 0 Å². The smallest absolute Gasteiger partial charge is 0.248 e. The van der Waals surface area contributed by atoms with Crippen molar-refractivity contribution in [3.63, 3.8) is 0 Å². The van der Waals surface area contributed by atoms with E-state index in [1.54, 1.807) is 30.3 Å². The Balaban J connectivity index is 1.77. The van der Waals surface area contributed by atoms with Gasteiger partial charge in [-0.2, -0.15) is 0 Å². The first-order chi connectivity index (χ1) is 11.8. The summed E-state index contributed by atoms with van der Waals surface area (Å²) >= 11 is 5.90. The van der Waals surface area contributed by atoms with Gasteiger partial charge in [0.2, 0.25) is 11.8 Å². The molecule has 0 bridgehead atoms. The lowest BCUT2D eigenvalue weighted by Gasteiger charge is -2.23. The first-order valence-electron chi connectivity index (χ1n) is 8.11. The van der Waals surface area contributed by atoms with Crippen LogP contribution in [0.5, 0.6) is 0 Å². The lowest BCUT2D eigenvalue weighted by molar-refractivity contribution is -0.120. The fourth-order valence-electron chi connectivity index (χ4n) is 2.75. The van der Waals surface area contributed by atoms with Crippen molar-refractivity contribution in [2.45, 2.75) is 45.1 Å². The number of amides is 2. The van der Waals surface area contributed by atoms with Crippen LogP contribution in [0.1, 0.15) is 39.4 Å². The van der Waals surface area contributed by atoms with Crippen LogP contribution in [-0.2, 0) is 15.0 Å². The van der Waals surface area contributed by atoms with Gasteiger partial charge >= 0.3 is 0 Å². The van der Waals surface area contributed by atoms with Gasteiger partial charge in [-0.3, -0.25) is 14.5 Å². The van der Waals surface area contributed by atoms with Crippen molar-refractivity contribution in [1.29, 1.82) is 0 Å². The number of hydrogen-bond donors (Lipinski definition) is 1. The average Bonchev–Trinajstić information content (AvgIpc) is 3.15. The Morgan fingerprint density at radius 1 is 1.32 bits per heavy atom. The molecule has 6 nitrogen and oxygen atoms in total. The molecule has 1 fully saturated rings. The zero-order chi connectivity index (χ0) is 18.2. The van der Waals surface area contributed by atoms with Crippen LogP contribution in [0.4, 0.5) is 11.5 Å². The molecule has 0 saturated carbocycles. The highest BCUT2D eigenvalue weighted by Crippen LogP contribution is 2.29. The number of halogens is 1. The van der Waals surface area contributed by atoms with Crippen LogP contribution in [0.3, 0.4) is 0 Å². The van der Waals surface area contributed by atoms with Crippen LogP contribution in [0.15, 0.2) is 34.9 Å². The van der Waals surface area contributed by atoms with Gasteiger partial charge in [0.15, 0.2) is 5.82 Å². The van der Waals surface area contributed by atoms with E-state index in [9.17, 15) is 9.59 Å². The van der Waals surface area contributed by atoms with E-state index in [2.05, 4.69) is 10.5 Å². The second kappa shape index (κ2) is 6.52. The van der Waals surface area contributed by atoms with E-state index in [-0.39, 0.29) is 17.2 Å². The molecule has 7 heteroatoms. The lowest BCUT2D eigenvalue weighted by atomic mass is 9.93. The number of hydrogen-bond acceptors (Lipinski definition) is 4. The van der Waals surface area contributed by atoms with E-state index >= 15 is 0 Å². The number of carbonyl (C=O) groups is 2. The number of nitrogens with zero attached hydrogens (tertiary/aromatic N) is 2. The Labute approximate surface area is 151 Å². The molecule has 1 aliphatic heterocycles. The molecule has 0 radical (unpaired) electrons. The Morgan fingerprint density at radius 3 is 2.60 bits per heavy atom. The van der Waals surface area contributed by atoms with Crippen molar-refractivity contribution >= 4 is 34.9 Å². The quantitative estimate of drug-likeness (QED) is 0.903. The summed E-state index contributed by atoms with van der Waals surface area (Å²) in [6.45, 7) is 5.99. The predicted molar refractivity (Wildman–Crippen MR) is 95.8 cm³/mol. The summed E-state index contributed by atoms with van der Waals surface area (Å²) in [4.78, 5) is 26.4. The molecule has 132 valence electrons. The average molecular weight is 362 g/mol. The standard InChI is InChI=1S/C18H20ClN3O3/c1-18(2,3)14-10-15(21-25-14)20-17(24)13-8-9-16(23)22(13)12-6-4-11(19)5-7-12/h4-7,10,13H,8-9H2,1-3H3,(H,20,21,24)/t13-/m0/s1. The number of carbonyl (C=O) groups excluding carboxylic acids is 2. The van der Waals surface area contributed by atoms with Crippen molar-refractivity contribution in [3.05, 3.63) is 41.1 Å². The molecular weight excluding hydrogens is 342 g/mol. The Morgan fingerprint density at radius 2 is 2.00 bits per heavy atom. The molecule has 2 heterocycles. The van der Waals surface area contributed by atoms with Crippen molar-refractivity contribution in [2.24, 2.45) is 0 Å². The maximum absolute atomic E-state index is 12.7. The summed E-state index contributed by atoms with van der Waals surface area (Å²) in [5.41, 5.74) is 0.455. The van der Waals surface area contributed by atoms with Gasteiger partial charge in [0.1, 0.15) is 11.8 Å². The van der Waals surface area contributed by atoms with Crippen LogP contribution in [0, 0.1) is 0 Å². The van der Waals surface area contributed by atoms with E-state index in [0.717, 1.165) is 0 Å². The third kappa shape index (κ3) is 3.69. The normalized spacial score (nSPS) is 17.8. The van der Waals surface area contributed by atoms with Crippen molar-refractivity contribution in [2.75, 3.05) is 10.2 Å². The van der Waals surface area contributed by atoms with Gasteiger partial charge in [0, 0.05) is 28.6 Å². The fourth-order valence-corrected chi connectivity index (χ4v) is 2.88. The number of benzene rings is 1. The van der Waals surface area contributed by atoms with Crippen LogP contribution in [0.25, 0.3) is 0 Å². The zero-order valence-electron chi connectivity index (χ0n) is 14.4. The highest BCUT2D eigenvalue weighted by atomic mass is 35.5. The molecule has 1 N–H and O–H groups in total. The minimum Gasteiger partial charge on any atom is -0.359 e. The highest BCUT2D eigenvalue weighted by molar-refractivity contribution is 6.30. The molecule has 1 aromatic heterocycles. The van der Waals surface area contributed by atoms with E-state index in [0.29, 0.717) is 35.1 Å². The van der Waals surface area contributed by atoms with Gasteiger partial charge in [-0.15, -0.1) is 0 Å². The Hall–Kier alpha value is -2.34. The second-order valence-corrected chi connectivity index (χ2v) is 7.55. The molecule has 25 heavy (non-hydrogen) atoms. The molecule has 1 saturated heterocycles. The third-order valence-electron chi connectivity index (χ3n) is 4.12. The maximum atomic E-state index is 12.7. The van der Waals surface area contributed by atoms with E-state index in [4.69, 9.17) is 16.1 Å². The summed E-state index contributed by atoms with van der Waals surface area (Å²) in [6.07, 6.45) is 0.782. The van der Waals surface area contributed by atoms with Crippen molar-refractivity contribution in [3.8, 4) is 0 Å². The number of nitrogens with one attached hydrogen (secondary N) is 1.